The first kappa shape index (κ1) is 21.6. The van der Waals surface area contributed by atoms with Gasteiger partial charge in [-0.25, -0.2) is 0 Å². The van der Waals surface area contributed by atoms with Crippen LogP contribution >= 0.6 is 0 Å². The number of piperidine rings is 1. The second-order valence-electron chi connectivity index (χ2n) is 7.27. The maximum atomic E-state index is 12.5. The van der Waals surface area contributed by atoms with E-state index in [1.807, 2.05) is 43.3 Å². The maximum Gasteiger partial charge on any atom is 0.257 e. The molecule has 2 N–H and O–H groups in total. The number of carbonyl (C=O) groups is 2. The molecule has 158 valence electrons. The van der Waals surface area contributed by atoms with E-state index in [9.17, 15) is 14.7 Å². The summed E-state index contributed by atoms with van der Waals surface area (Å²) in [7, 11) is 0. The number of allylic oxidation sites excluding steroid dienone is 1. The fraction of sp³-hybridized carbons (Fsp3) is 0.333. The fourth-order valence-electron chi connectivity index (χ4n) is 3.30. The van der Waals surface area contributed by atoms with Crippen molar-refractivity contribution in [3.8, 4) is 5.75 Å². The van der Waals surface area contributed by atoms with Gasteiger partial charge in [-0.05, 0) is 67.8 Å². The highest BCUT2D eigenvalue weighted by Crippen LogP contribution is 2.21. The van der Waals surface area contributed by atoms with Crippen LogP contribution < -0.4 is 15.0 Å². The van der Waals surface area contributed by atoms with Crippen molar-refractivity contribution >= 4 is 23.5 Å². The Morgan fingerprint density at radius 2 is 1.77 bits per heavy atom. The molecule has 3 rings (SSSR count). The minimum atomic E-state index is -0.201. The fourth-order valence-corrected chi connectivity index (χ4v) is 3.30. The number of likely N-dealkylation sites (N-methyl/N-ethyl adjacent to an activating group) is 1. The van der Waals surface area contributed by atoms with Crippen molar-refractivity contribution in [1.82, 2.24) is 5.32 Å². The Balaban J connectivity index is 1.53. The lowest BCUT2D eigenvalue weighted by atomic mass is 10.1. The molecule has 0 aliphatic carbocycles. The number of ether oxygens (including phenoxy) is 1. The van der Waals surface area contributed by atoms with Gasteiger partial charge in [-0.15, -0.1) is 0 Å². The van der Waals surface area contributed by atoms with Gasteiger partial charge in [0.2, 0.25) is 0 Å². The number of ketones is 1. The molecule has 0 spiro atoms. The highest BCUT2D eigenvalue weighted by Gasteiger charge is 2.17. The highest BCUT2D eigenvalue weighted by molar-refractivity contribution is 6.07. The van der Waals surface area contributed by atoms with Crippen molar-refractivity contribution < 1.29 is 19.4 Å². The molecule has 1 amide bonds. The van der Waals surface area contributed by atoms with E-state index in [4.69, 9.17) is 4.74 Å². The Hall–Kier alpha value is -3.12. The Labute approximate surface area is 177 Å². The van der Waals surface area contributed by atoms with Crippen molar-refractivity contribution in [2.45, 2.75) is 25.9 Å². The van der Waals surface area contributed by atoms with Gasteiger partial charge in [0.15, 0.2) is 12.4 Å². The van der Waals surface area contributed by atoms with Gasteiger partial charge in [0.25, 0.3) is 5.91 Å². The van der Waals surface area contributed by atoms with Crippen LogP contribution in [-0.4, -0.2) is 49.1 Å². The van der Waals surface area contributed by atoms with Crippen LogP contribution in [0.3, 0.4) is 0 Å². The van der Waals surface area contributed by atoms with E-state index < -0.39 is 0 Å². The summed E-state index contributed by atoms with van der Waals surface area (Å²) in [5.74, 6) is 0.383. The number of nitrogens with zero attached hydrogens (tertiary/aromatic N) is 1. The largest absolute Gasteiger partial charge is 0.484 e. The Bertz CT molecular complexity index is 867. The van der Waals surface area contributed by atoms with E-state index in [2.05, 4.69) is 10.2 Å². The minimum absolute atomic E-state index is 0.0183. The Morgan fingerprint density at radius 1 is 1.10 bits per heavy atom. The number of benzene rings is 2. The zero-order valence-electron chi connectivity index (χ0n) is 17.2. The molecule has 6 nitrogen and oxygen atoms in total. The molecule has 0 atom stereocenters. The van der Waals surface area contributed by atoms with Gasteiger partial charge in [-0.3, -0.25) is 9.59 Å². The number of aliphatic hydroxyl groups is 1. The summed E-state index contributed by atoms with van der Waals surface area (Å²) in [5.41, 5.74) is 2.58. The molecule has 2 aromatic carbocycles. The summed E-state index contributed by atoms with van der Waals surface area (Å²) < 4.78 is 5.42. The minimum Gasteiger partial charge on any atom is -0.484 e. The Kier molecular flexibility index (Phi) is 7.63. The van der Waals surface area contributed by atoms with Crippen LogP contribution in [-0.2, 0) is 4.79 Å². The molecule has 30 heavy (non-hydrogen) atoms. The highest BCUT2D eigenvalue weighted by atomic mass is 16.5. The number of rotatable bonds is 8. The summed E-state index contributed by atoms with van der Waals surface area (Å²) in [6.45, 7) is 4.07. The van der Waals surface area contributed by atoms with Crippen LogP contribution in [0, 0.1) is 0 Å². The predicted octanol–water partition coefficient (Wildman–Crippen LogP) is 3.06. The number of hydrogen-bond acceptors (Lipinski definition) is 5. The van der Waals surface area contributed by atoms with E-state index in [1.165, 1.54) is 0 Å². The molecular weight excluding hydrogens is 380 g/mol. The molecule has 0 unspecified atom stereocenters. The van der Waals surface area contributed by atoms with Gasteiger partial charge < -0.3 is 20.1 Å². The molecule has 6 heteroatoms. The van der Waals surface area contributed by atoms with Crippen molar-refractivity contribution in [3.63, 3.8) is 0 Å². The number of anilines is 1. The van der Waals surface area contributed by atoms with E-state index >= 15 is 0 Å². The molecule has 0 radical (unpaired) electrons. The summed E-state index contributed by atoms with van der Waals surface area (Å²) in [6.07, 6.45) is 4.67. The summed E-state index contributed by atoms with van der Waals surface area (Å²) in [6, 6.07) is 14.8. The normalized spacial score (nSPS) is 14.7. The predicted molar refractivity (Wildman–Crippen MR) is 118 cm³/mol. The monoisotopic (exact) mass is 408 g/mol. The van der Waals surface area contributed by atoms with Crippen LogP contribution in [0.4, 0.5) is 5.69 Å². The molecule has 2 aromatic rings. The first-order valence-electron chi connectivity index (χ1n) is 10.3. The van der Waals surface area contributed by atoms with Gasteiger partial charge in [0.05, 0.1) is 6.10 Å². The standard InChI is InChI=1S/C24H28N2O4/c1-2-25-24(29)17-30-22-10-3-18(4-11-22)5-12-23(28)19-6-8-20(9-7-19)26-15-13-21(27)14-16-26/h3-12,21,27H,2,13-17H2,1H3,(H,25,29)/b12-5+. The number of hydrogen-bond donors (Lipinski definition) is 2. The first-order valence-corrected chi connectivity index (χ1v) is 10.3. The van der Waals surface area contributed by atoms with Crippen molar-refractivity contribution in [2.24, 2.45) is 0 Å². The summed E-state index contributed by atoms with van der Waals surface area (Å²) >= 11 is 0. The summed E-state index contributed by atoms with van der Waals surface area (Å²) in [5, 5.41) is 12.3. The molecular formula is C24H28N2O4. The number of aliphatic hydroxyl groups excluding tert-OH is 1. The van der Waals surface area contributed by atoms with Gasteiger partial charge >= 0.3 is 0 Å². The van der Waals surface area contributed by atoms with E-state index in [-0.39, 0.29) is 24.4 Å². The van der Waals surface area contributed by atoms with Gasteiger partial charge in [0, 0.05) is 30.9 Å². The second-order valence-corrected chi connectivity index (χ2v) is 7.27. The van der Waals surface area contributed by atoms with Gasteiger partial charge in [-0.1, -0.05) is 18.2 Å². The van der Waals surface area contributed by atoms with Crippen LogP contribution in [0.15, 0.2) is 54.6 Å². The van der Waals surface area contributed by atoms with Crippen LogP contribution in [0.2, 0.25) is 0 Å². The van der Waals surface area contributed by atoms with E-state index in [1.54, 1.807) is 24.3 Å². The van der Waals surface area contributed by atoms with Crippen LogP contribution in [0.25, 0.3) is 6.08 Å². The van der Waals surface area contributed by atoms with Gasteiger partial charge in [-0.2, -0.15) is 0 Å². The van der Waals surface area contributed by atoms with Gasteiger partial charge in [0.1, 0.15) is 5.75 Å². The summed E-state index contributed by atoms with van der Waals surface area (Å²) in [4.78, 5) is 26.1. The SMILES string of the molecule is CCNC(=O)COc1ccc(/C=C/C(=O)c2ccc(N3CCC(O)CC3)cc2)cc1. The van der Waals surface area contributed by atoms with Crippen LogP contribution in [0.1, 0.15) is 35.7 Å². The van der Waals surface area contributed by atoms with Crippen molar-refractivity contribution in [1.29, 1.82) is 0 Å². The van der Waals surface area contributed by atoms with E-state index in [0.717, 1.165) is 37.2 Å². The zero-order chi connectivity index (χ0) is 21.3. The van der Waals surface area contributed by atoms with E-state index in [0.29, 0.717) is 17.9 Å². The molecule has 1 fully saturated rings. The molecule has 0 bridgehead atoms. The zero-order valence-corrected chi connectivity index (χ0v) is 17.2. The Morgan fingerprint density at radius 3 is 2.40 bits per heavy atom. The molecule has 1 saturated heterocycles. The van der Waals surface area contributed by atoms with Crippen molar-refractivity contribution in [2.75, 3.05) is 31.1 Å². The number of amides is 1. The van der Waals surface area contributed by atoms with Crippen molar-refractivity contribution in [3.05, 3.63) is 65.7 Å². The molecule has 0 aromatic heterocycles. The lowest BCUT2D eigenvalue weighted by molar-refractivity contribution is -0.122. The second kappa shape index (κ2) is 10.6. The maximum absolute atomic E-state index is 12.5. The third-order valence-electron chi connectivity index (χ3n) is 5.03. The average Bonchev–Trinajstić information content (AvgIpc) is 2.77. The number of carbonyl (C=O) groups excluding carboxylic acids is 2. The lowest BCUT2D eigenvalue weighted by Crippen LogP contribution is -2.35. The lowest BCUT2D eigenvalue weighted by Gasteiger charge is -2.31. The smallest absolute Gasteiger partial charge is 0.257 e. The third kappa shape index (κ3) is 6.19. The quantitative estimate of drug-likeness (QED) is 0.518. The molecule has 0 saturated carbocycles. The third-order valence-corrected chi connectivity index (χ3v) is 5.03. The molecule has 1 aliphatic rings. The average molecular weight is 408 g/mol. The number of nitrogens with one attached hydrogen (secondary N) is 1. The first-order chi connectivity index (χ1) is 14.5. The topological polar surface area (TPSA) is 78.9 Å². The molecule has 1 heterocycles. The molecule has 1 aliphatic heterocycles. The van der Waals surface area contributed by atoms with Crippen LogP contribution in [0.5, 0.6) is 5.75 Å².